The van der Waals surface area contributed by atoms with E-state index < -0.39 is 0 Å². The van der Waals surface area contributed by atoms with Gasteiger partial charge in [-0.15, -0.1) is 37.1 Å². The van der Waals surface area contributed by atoms with Crippen molar-refractivity contribution in [2.24, 2.45) is 21.5 Å². The number of hydrogen-bond donors (Lipinski definition) is 4. The number of nitrogens with one attached hydrogen (secondary N) is 2. The standard InChI is InChI=1S/C14H28N6.HI/c1-3-9-17-13(15)19-11-7-5-6-8-12-20-14(16)18-10-4-2;/h3-4H,1-2,5-12H2,(H3,15,17,19)(H3,16,18,20);1H. The van der Waals surface area contributed by atoms with E-state index in [0.29, 0.717) is 25.0 Å². The zero-order chi connectivity index (χ0) is 15.1. The summed E-state index contributed by atoms with van der Waals surface area (Å²) in [6.45, 7) is 9.99. The zero-order valence-electron chi connectivity index (χ0n) is 12.7. The lowest BCUT2D eigenvalue weighted by atomic mass is 10.2. The quantitative estimate of drug-likeness (QED) is 0.136. The third kappa shape index (κ3) is 16.7. The van der Waals surface area contributed by atoms with E-state index in [4.69, 9.17) is 11.5 Å². The Labute approximate surface area is 145 Å². The summed E-state index contributed by atoms with van der Waals surface area (Å²) in [6.07, 6.45) is 7.80. The Morgan fingerprint density at radius 3 is 1.52 bits per heavy atom. The second-order valence-electron chi connectivity index (χ2n) is 4.29. The minimum atomic E-state index is 0. The van der Waals surface area contributed by atoms with Crippen molar-refractivity contribution in [1.29, 1.82) is 0 Å². The zero-order valence-corrected chi connectivity index (χ0v) is 15.0. The highest BCUT2D eigenvalue weighted by atomic mass is 127. The fourth-order valence-electron chi connectivity index (χ4n) is 1.44. The predicted octanol–water partition coefficient (Wildman–Crippen LogP) is 1.35. The van der Waals surface area contributed by atoms with Crippen molar-refractivity contribution < 1.29 is 0 Å². The second kappa shape index (κ2) is 16.8. The molecule has 122 valence electrons. The third-order valence-electron chi connectivity index (χ3n) is 2.49. The van der Waals surface area contributed by atoms with Crippen LogP contribution in [0, 0.1) is 0 Å². The van der Waals surface area contributed by atoms with E-state index in [1.807, 2.05) is 0 Å². The van der Waals surface area contributed by atoms with E-state index >= 15 is 0 Å². The first-order chi connectivity index (χ1) is 9.70. The number of unbranched alkanes of at least 4 members (excludes halogenated alkanes) is 3. The van der Waals surface area contributed by atoms with Crippen LogP contribution >= 0.6 is 24.0 Å². The Morgan fingerprint density at radius 2 is 1.19 bits per heavy atom. The molecule has 21 heavy (non-hydrogen) atoms. The van der Waals surface area contributed by atoms with Crippen LogP contribution in [0.15, 0.2) is 35.3 Å². The van der Waals surface area contributed by atoms with E-state index in [0.717, 1.165) is 38.8 Å². The van der Waals surface area contributed by atoms with Gasteiger partial charge < -0.3 is 22.1 Å². The number of halogens is 1. The van der Waals surface area contributed by atoms with Gasteiger partial charge in [-0.3, -0.25) is 9.98 Å². The lowest BCUT2D eigenvalue weighted by Crippen LogP contribution is -2.31. The number of nitrogens with zero attached hydrogens (tertiary/aromatic N) is 2. The Kier molecular flexibility index (Phi) is 17.6. The number of rotatable bonds is 11. The topological polar surface area (TPSA) is 101 Å². The van der Waals surface area contributed by atoms with Crippen molar-refractivity contribution in [3.63, 3.8) is 0 Å². The molecule has 0 aliphatic rings. The van der Waals surface area contributed by atoms with E-state index in [9.17, 15) is 0 Å². The molecule has 6 N–H and O–H groups in total. The van der Waals surface area contributed by atoms with Crippen LogP contribution in [0.3, 0.4) is 0 Å². The minimum Gasteiger partial charge on any atom is -0.370 e. The van der Waals surface area contributed by atoms with Gasteiger partial charge in [-0.2, -0.15) is 0 Å². The molecule has 0 spiro atoms. The molecule has 0 aromatic carbocycles. The van der Waals surface area contributed by atoms with Gasteiger partial charge in [0.15, 0.2) is 11.9 Å². The van der Waals surface area contributed by atoms with E-state index in [-0.39, 0.29) is 24.0 Å². The summed E-state index contributed by atoms with van der Waals surface area (Å²) in [5.74, 6) is 0.964. The molecular weight excluding hydrogens is 379 g/mol. The molecule has 0 aromatic rings. The maximum atomic E-state index is 5.64. The van der Waals surface area contributed by atoms with E-state index in [2.05, 4.69) is 33.8 Å². The smallest absolute Gasteiger partial charge is 0.188 e. The molecule has 0 atom stereocenters. The SMILES string of the molecule is C=CCNC(N)=NCCCCCCN=C(N)NCC=C.I. The van der Waals surface area contributed by atoms with Crippen LogP contribution in [0.4, 0.5) is 0 Å². The maximum absolute atomic E-state index is 5.64. The summed E-state index contributed by atoms with van der Waals surface area (Å²) in [5, 5.41) is 5.87. The highest BCUT2D eigenvalue weighted by Crippen LogP contribution is 2.00. The van der Waals surface area contributed by atoms with E-state index in [1.165, 1.54) is 0 Å². The van der Waals surface area contributed by atoms with Crippen LogP contribution < -0.4 is 22.1 Å². The Bertz CT molecular complexity index is 295. The highest BCUT2D eigenvalue weighted by Gasteiger charge is 1.92. The van der Waals surface area contributed by atoms with Gasteiger partial charge in [-0.1, -0.05) is 25.0 Å². The van der Waals surface area contributed by atoms with Gasteiger partial charge in [0, 0.05) is 26.2 Å². The summed E-state index contributed by atoms with van der Waals surface area (Å²) in [5.41, 5.74) is 11.3. The molecule has 0 aromatic heterocycles. The van der Waals surface area contributed by atoms with Crippen molar-refractivity contribution in [2.75, 3.05) is 26.2 Å². The summed E-state index contributed by atoms with van der Waals surface area (Å²) in [4.78, 5) is 8.42. The van der Waals surface area contributed by atoms with Gasteiger partial charge in [0.05, 0.1) is 0 Å². The lowest BCUT2D eigenvalue weighted by molar-refractivity contribution is 0.652. The van der Waals surface area contributed by atoms with Gasteiger partial charge in [0.1, 0.15) is 0 Å². The van der Waals surface area contributed by atoms with Gasteiger partial charge >= 0.3 is 0 Å². The van der Waals surface area contributed by atoms with Crippen LogP contribution in [0.5, 0.6) is 0 Å². The van der Waals surface area contributed by atoms with Gasteiger partial charge in [0.2, 0.25) is 0 Å². The van der Waals surface area contributed by atoms with Crippen LogP contribution in [-0.2, 0) is 0 Å². The molecule has 0 heterocycles. The van der Waals surface area contributed by atoms with Crippen molar-refractivity contribution in [2.45, 2.75) is 25.7 Å². The van der Waals surface area contributed by atoms with Crippen molar-refractivity contribution in [3.05, 3.63) is 25.3 Å². The average molecular weight is 408 g/mol. The molecule has 0 fully saturated rings. The predicted molar refractivity (Wildman–Crippen MR) is 103 cm³/mol. The Hall–Kier alpha value is -1.25. The van der Waals surface area contributed by atoms with Gasteiger partial charge in [-0.25, -0.2) is 0 Å². The summed E-state index contributed by atoms with van der Waals surface area (Å²) in [7, 11) is 0. The molecule has 7 heteroatoms. The summed E-state index contributed by atoms with van der Waals surface area (Å²) < 4.78 is 0. The average Bonchev–Trinajstić information content (AvgIpc) is 2.45. The third-order valence-corrected chi connectivity index (χ3v) is 2.49. The van der Waals surface area contributed by atoms with Gasteiger partial charge in [0.25, 0.3) is 0 Å². The number of hydrogen-bond acceptors (Lipinski definition) is 2. The molecule has 0 aliphatic carbocycles. The molecule has 0 aliphatic heterocycles. The molecular formula is C14H29IN6. The number of guanidine groups is 2. The Morgan fingerprint density at radius 1 is 0.810 bits per heavy atom. The lowest BCUT2D eigenvalue weighted by Gasteiger charge is -2.03. The normalized spacial score (nSPS) is 11.4. The van der Waals surface area contributed by atoms with Crippen molar-refractivity contribution in [1.82, 2.24) is 10.6 Å². The first-order valence-corrected chi connectivity index (χ1v) is 7.00. The molecule has 0 bridgehead atoms. The number of aliphatic imine (C=N–C) groups is 2. The largest absolute Gasteiger partial charge is 0.370 e. The Balaban J connectivity index is 0. The monoisotopic (exact) mass is 408 g/mol. The maximum Gasteiger partial charge on any atom is 0.188 e. The van der Waals surface area contributed by atoms with Crippen LogP contribution in [0.2, 0.25) is 0 Å². The first-order valence-electron chi connectivity index (χ1n) is 7.00. The summed E-state index contributed by atoms with van der Waals surface area (Å²) >= 11 is 0. The van der Waals surface area contributed by atoms with Crippen molar-refractivity contribution >= 4 is 35.9 Å². The minimum absolute atomic E-state index is 0. The molecule has 0 saturated heterocycles. The molecule has 0 amide bonds. The second-order valence-corrected chi connectivity index (χ2v) is 4.29. The highest BCUT2D eigenvalue weighted by molar-refractivity contribution is 14.0. The van der Waals surface area contributed by atoms with E-state index in [1.54, 1.807) is 12.2 Å². The number of nitrogens with two attached hydrogens (primary N) is 2. The molecule has 6 nitrogen and oxygen atoms in total. The molecule has 0 rings (SSSR count). The molecule has 0 unspecified atom stereocenters. The molecule has 0 radical (unpaired) electrons. The van der Waals surface area contributed by atoms with Crippen LogP contribution in [0.25, 0.3) is 0 Å². The van der Waals surface area contributed by atoms with Crippen molar-refractivity contribution in [3.8, 4) is 0 Å². The van der Waals surface area contributed by atoms with Gasteiger partial charge in [-0.05, 0) is 12.8 Å². The molecule has 0 saturated carbocycles. The fourth-order valence-corrected chi connectivity index (χ4v) is 1.44. The summed E-state index contributed by atoms with van der Waals surface area (Å²) in [6, 6.07) is 0. The fraction of sp³-hybridized carbons (Fsp3) is 0.571. The van der Waals surface area contributed by atoms with Crippen LogP contribution in [-0.4, -0.2) is 38.1 Å². The first kappa shape index (κ1) is 22.0. The van der Waals surface area contributed by atoms with Crippen LogP contribution in [0.1, 0.15) is 25.7 Å².